The van der Waals surface area contributed by atoms with E-state index in [1.807, 2.05) is 36.5 Å². The Morgan fingerprint density at radius 3 is 2.54 bits per heavy atom. The largest absolute Gasteiger partial charge is 0.508 e. The molecule has 0 fully saturated rings. The Morgan fingerprint density at radius 1 is 0.958 bits per heavy atom. The van der Waals surface area contributed by atoms with Crippen molar-refractivity contribution in [3.63, 3.8) is 0 Å². The summed E-state index contributed by atoms with van der Waals surface area (Å²) in [5, 5.41) is 12.1. The molecule has 1 N–H and O–H groups in total. The quantitative estimate of drug-likeness (QED) is 0.493. The Kier molecular flexibility index (Phi) is 3.14. The van der Waals surface area contributed by atoms with Gasteiger partial charge in [-0.25, -0.2) is 0 Å². The predicted molar refractivity (Wildman–Crippen MR) is 97.3 cm³/mol. The summed E-state index contributed by atoms with van der Waals surface area (Å²) in [4.78, 5) is 4.51. The number of hydrogen-bond acceptors (Lipinski definition) is 3. The number of aromatic nitrogens is 1. The zero-order valence-corrected chi connectivity index (χ0v) is 14.0. The van der Waals surface area contributed by atoms with Crippen molar-refractivity contribution < 1.29 is 9.52 Å². The molecule has 0 aliphatic rings. The molecule has 0 aliphatic heterocycles. The molecule has 2 aromatic heterocycles. The molecule has 2 aromatic carbocycles. The monoisotopic (exact) mass is 317 g/mol. The lowest BCUT2D eigenvalue weighted by Gasteiger charge is -2.19. The van der Waals surface area contributed by atoms with Crippen LogP contribution in [-0.4, -0.2) is 10.1 Å². The van der Waals surface area contributed by atoms with E-state index in [1.165, 1.54) is 5.56 Å². The fourth-order valence-electron chi connectivity index (χ4n) is 3.05. The van der Waals surface area contributed by atoms with Crippen molar-refractivity contribution in [3.05, 3.63) is 60.3 Å². The summed E-state index contributed by atoms with van der Waals surface area (Å²) >= 11 is 0. The third-order valence-electron chi connectivity index (χ3n) is 4.36. The molecule has 3 nitrogen and oxygen atoms in total. The van der Waals surface area contributed by atoms with Gasteiger partial charge in [0.05, 0.1) is 5.69 Å². The lowest BCUT2D eigenvalue weighted by atomic mass is 9.87. The van der Waals surface area contributed by atoms with Gasteiger partial charge in [-0.15, -0.1) is 0 Å². The van der Waals surface area contributed by atoms with E-state index in [4.69, 9.17) is 4.42 Å². The summed E-state index contributed by atoms with van der Waals surface area (Å²) in [7, 11) is 0. The second-order valence-corrected chi connectivity index (χ2v) is 7.15. The fraction of sp³-hybridized carbons (Fsp3) is 0.190. The molecule has 0 atom stereocenters. The van der Waals surface area contributed by atoms with Crippen LogP contribution in [0.3, 0.4) is 0 Å². The van der Waals surface area contributed by atoms with Gasteiger partial charge in [-0.3, -0.25) is 4.98 Å². The molecule has 4 aromatic rings. The van der Waals surface area contributed by atoms with Crippen molar-refractivity contribution >= 4 is 21.9 Å². The van der Waals surface area contributed by atoms with E-state index in [0.717, 1.165) is 33.2 Å². The van der Waals surface area contributed by atoms with Crippen LogP contribution in [0.2, 0.25) is 0 Å². The van der Waals surface area contributed by atoms with Gasteiger partial charge in [0.1, 0.15) is 16.9 Å². The Hall–Kier alpha value is -2.81. The zero-order chi connectivity index (χ0) is 16.9. The van der Waals surface area contributed by atoms with E-state index in [1.54, 1.807) is 12.1 Å². The van der Waals surface area contributed by atoms with Crippen LogP contribution in [-0.2, 0) is 5.41 Å². The number of benzene rings is 2. The van der Waals surface area contributed by atoms with Crippen LogP contribution in [0.4, 0.5) is 0 Å². The normalized spacial score (nSPS) is 12.1. The maximum atomic E-state index is 10.2. The average Bonchev–Trinajstić information content (AvgIpc) is 2.92. The number of nitrogens with zero attached hydrogens (tertiary/aromatic N) is 1. The number of rotatable bonds is 1. The minimum absolute atomic E-state index is 0.0293. The maximum Gasteiger partial charge on any atom is 0.145 e. The molecule has 0 saturated carbocycles. The third-order valence-corrected chi connectivity index (χ3v) is 4.36. The highest BCUT2D eigenvalue weighted by Gasteiger charge is 2.18. The van der Waals surface area contributed by atoms with E-state index in [-0.39, 0.29) is 11.2 Å². The molecule has 2 heterocycles. The Bertz CT molecular complexity index is 1050. The van der Waals surface area contributed by atoms with Gasteiger partial charge in [-0.05, 0) is 41.3 Å². The van der Waals surface area contributed by atoms with Crippen LogP contribution in [0.1, 0.15) is 26.3 Å². The van der Waals surface area contributed by atoms with Crippen molar-refractivity contribution in [3.8, 4) is 17.0 Å². The number of pyridine rings is 1. The fourth-order valence-corrected chi connectivity index (χ4v) is 3.05. The number of fused-ring (bicyclic) bond motifs is 3. The lowest BCUT2D eigenvalue weighted by molar-refractivity contribution is 0.476. The van der Waals surface area contributed by atoms with Gasteiger partial charge in [0.15, 0.2) is 0 Å². The Balaban J connectivity index is 2.03. The third kappa shape index (κ3) is 2.33. The molecule has 0 amide bonds. The van der Waals surface area contributed by atoms with Crippen LogP contribution in [0.25, 0.3) is 33.2 Å². The Morgan fingerprint density at radius 2 is 1.75 bits per heavy atom. The van der Waals surface area contributed by atoms with Crippen LogP contribution in [0.15, 0.2) is 59.1 Å². The highest BCUT2D eigenvalue weighted by molar-refractivity contribution is 6.09. The summed E-state index contributed by atoms with van der Waals surface area (Å²) in [6.45, 7) is 6.52. The van der Waals surface area contributed by atoms with Gasteiger partial charge in [0.25, 0.3) is 0 Å². The molecule has 0 aliphatic carbocycles. The molecule has 24 heavy (non-hydrogen) atoms. The minimum Gasteiger partial charge on any atom is -0.508 e. The number of hydrogen-bond donors (Lipinski definition) is 1. The van der Waals surface area contributed by atoms with Crippen molar-refractivity contribution in [2.45, 2.75) is 26.2 Å². The molecule has 0 unspecified atom stereocenters. The van der Waals surface area contributed by atoms with E-state index in [0.29, 0.717) is 0 Å². The van der Waals surface area contributed by atoms with Gasteiger partial charge in [0.2, 0.25) is 0 Å². The molecule has 0 bridgehead atoms. The first-order valence-corrected chi connectivity index (χ1v) is 8.05. The van der Waals surface area contributed by atoms with Crippen LogP contribution in [0.5, 0.6) is 5.75 Å². The molecular weight excluding hydrogens is 298 g/mol. The second-order valence-electron chi connectivity index (χ2n) is 7.15. The van der Waals surface area contributed by atoms with Gasteiger partial charge in [-0.2, -0.15) is 0 Å². The average molecular weight is 317 g/mol. The predicted octanol–water partition coefficient (Wildman–Crippen LogP) is 5.65. The highest BCUT2D eigenvalue weighted by atomic mass is 16.3. The SMILES string of the molecule is CC(C)(C)c1ccnc(-c2cc(O)cc3c2oc2ccccc23)c1. The van der Waals surface area contributed by atoms with E-state index < -0.39 is 0 Å². The number of furan rings is 1. The minimum atomic E-state index is 0.0293. The summed E-state index contributed by atoms with van der Waals surface area (Å²) in [6, 6.07) is 15.4. The summed E-state index contributed by atoms with van der Waals surface area (Å²) < 4.78 is 6.07. The van der Waals surface area contributed by atoms with Gasteiger partial charge >= 0.3 is 0 Å². The number of phenolic OH excluding ortho intramolecular Hbond substituents is 1. The second kappa shape index (κ2) is 5.10. The Labute approximate surface area is 140 Å². The topological polar surface area (TPSA) is 46.3 Å². The smallest absolute Gasteiger partial charge is 0.145 e. The van der Waals surface area contributed by atoms with Gasteiger partial charge in [0, 0.05) is 22.5 Å². The van der Waals surface area contributed by atoms with E-state index >= 15 is 0 Å². The van der Waals surface area contributed by atoms with Crippen LogP contribution < -0.4 is 0 Å². The van der Waals surface area contributed by atoms with E-state index in [9.17, 15) is 5.11 Å². The van der Waals surface area contributed by atoms with Crippen molar-refractivity contribution in [2.75, 3.05) is 0 Å². The first-order valence-electron chi connectivity index (χ1n) is 8.05. The molecule has 0 spiro atoms. The van der Waals surface area contributed by atoms with Gasteiger partial charge < -0.3 is 9.52 Å². The van der Waals surface area contributed by atoms with E-state index in [2.05, 4.69) is 31.8 Å². The van der Waals surface area contributed by atoms with Crippen LogP contribution in [0, 0.1) is 0 Å². The number of aromatic hydroxyl groups is 1. The lowest BCUT2D eigenvalue weighted by Crippen LogP contribution is -2.11. The summed E-state index contributed by atoms with van der Waals surface area (Å²) in [5.41, 5.74) is 4.41. The molecule has 0 saturated heterocycles. The summed E-state index contributed by atoms with van der Waals surface area (Å²) in [6.07, 6.45) is 1.81. The van der Waals surface area contributed by atoms with Gasteiger partial charge in [-0.1, -0.05) is 39.0 Å². The van der Waals surface area contributed by atoms with Crippen molar-refractivity contribution in [1.82, 2.24) is 4.98 Å². The molecule has 0 radical (unpaired) electrons. The molecule has 120 valence electrons. The molecular formula is C21H19NO2. The van der Waals surface area contributed by atoms with Crippen LogP contribution >= 0.6 is 0 Å². The summed E-state index contributed by atoms with van der Waals surface area (Å²) in [5.74, 6) is 0.215. The first kappa shape index (κ1) is 14.8. The first-order chi connectivity index (χ1) is 11.4. The number of phenols is 1. The molecule has 3 heteroatoms. The highest BCUT2D eigenvalue weighted by Crippen LogP contribution is 2.38. The standard InChI is InChI=1S/C21H19NO2/c1-21(2,3)13-8-9-22-18(10-13)17-12-14(23)11-16-15-6-4-5-7-19(15)24-20(16)17/h4-12,23H,1-3H3. The maximum absolute atomic E-state index is 10.2. The van der Waals surface area contributed by atoms with Crippen molar-refractivity contribution in [1.29, 1.82) is 0 Å². The zero-order valence-electron chi connectivity index (χ0n) is 14.0. The van der Waals surface area contributed by atoms with Crippen molar-refractivity contribution in [2.24, 2.45) is 0 Å². The molecule has 4 rings (SSSR count). The number of para-hydroxylation sites is 1.